The fourth-order valence-corrected chi connectivity index (χ4v) is 2.24. The Morgan fingerprint density at radius 3 is 2.55 bits per heavy atom. The van der Waals surface area contributed by atoms with Crippen molar-refractivity contribution < 1.29 is 4.79 Å². The molecule has 0 aliphatic rings. The molecule has 7 nitrogen and oxygen atoms in total. The second kappa shape index (κ2) is 7.13. The highest BCUT2D eigenvalue weighted by atomic mass is 16.2. The minimum absolute atomic E-state index is 0.0293. The molecule has 0 atom stereocenters. The predicted octanol–water partition coefficient (Wildman–Crippen LogP) is 0.974. The van der Waals surface area contributed by atoms with Gasteiger partial charge in [0.05, 0.1) is 5.54 Å². The summed E-state index contributed by atoms with van der Waals surface area (Å²) >= 11 is 0. The molecule has 3 N–H and O–H groups in total. The lowest BCUT2D eigenvalue weighted by Gasteiger charge is -2.31. The average Bonchev–Trinajstić information content (AvgIpc) is 3.02. The van der Waals surface area contributed by atoms with Gasteiger partial charge in [0.25, 0.3) is 0 Å². The molecule has 0 bridgehead atoms. The van der Waals surface area contributed by atoms with E-state index in [1.807, 2.05) is 44.2 Å². The highest BCUT2D eigenvalue weighted by molar-refractivity contribution is 5.76. The van der Waals surface area contributed by atoms with Crippen LogP contribution < -0.4 is 11.1 Å². The Morgan fingerprint density at radius 2 is 1.95 bits per heavy atom. The average molecular weight is 302 g/mol. The minimum atomic E-state index is -0.361. The van der Waals surface area contributed by atoms with E-state index in [-0.39, 0.29) is 18.0 Å². The van der Waals surface area contributed by atoms with Crippen molar-refractivity contribution in [3.63, 3.8) is 0 Å². The Hall–Kier alpha value is -2.28. The van der Waals surface area contributed by atoms with Crippen LogP contribution in [0.4, 0.5) is 0 Å². The molecule has 2 aromatic rings. The molecule has 7 heteroatoms. The zero-order valence-corrected chi connectivity index (χ0v) is 13.0. The number of amides is 1. The van der Waals surface area contributed by atoms with Crippen molar-refractivity contribution in [3.05, 3.63) is 30.3 Å². The molecular formula is C15H22N6O. The molecule has 0 radical (unpaired) electrons. The maximum atomic E-state index is 12.2. The van der Waals surface area contributed by atoms with Crippen LogP contribution in [-0.4, -0.2) is 38.2 Å². The topological polar surface area (TPSA) is 98.7 Å². The zero-order valence-electron chi connectivity index (χ0n) is 13.0. The molecule has 22 heavy (non-hydrogen) atoms. The Kier molecular flexibility index (Phi) is 5.21. The van der Waals surface area contributed by atoms with Gasteiger partial charge in [-0.2, -0.15) is 4.80 Å². The molecule has 2 rings (SSSR count). The number of carbonyl (C=O) groups is 1. The third kappa shape index (κ3) is 3.67. The largest absolute Gasteiger partial charge is 0.348 e. The van der Waals surface area contributed by atoms with Crippen LogP contribution >= 0.6 is 0 Å². The minimum Gasteiger partial charge on any atom is -0.348 e. The number of hydrogen-bond acceptors (Lipinski definition) is 5. The number of tetrazole rings is 1. The van der Waals surface area contributed by atoms with Crippen molar-refractivity contribution in [2.75, 3.05) is 6.54 Å². The van der Waals surface area contributed by atoms with Crippen molar-refractivity contribution in [1.82, 2.24) is 25.5 Å². The smallest absolute Gasteiger partial charge is 0.244 e. The SMILES string of the molecule is CCC(CC)(CN)NC(=O)Cn1nnc(-c2ccccc2)n1. The number of rotatable bonds is 7. The van der Waals surface area contributed by atoms with Gasteiger partial charge in [0.15, 0.2) is 0 Å². The monoisotopic (exact) mass is 302 g/mol. The molecule has 1 aromatic heterocycles. The van der Waals surface area contributed by atoms with E-state index in [1.165, 1.54) is 4.80 Å². The molecule has 1 aromatic carbocycles. The standard InChI is InChI=1S/C15H22N6O/c1-3-15(4-2,11-16)17-13(22)10-21-19-14(18-20-21)12-8-6-5-7-9-12/h5-9H,3-4,10-11,16H2,1-2H3,(H,17,22). The first-order valence-electron chi connectivity index (χ1n) is 7.46. The summed E-state index contributed by atoms with van der Waals surface area (Å²) < 4.78 is 0. The molecule has 0 aliphatic heterocycles. The number of hydrogen-bond donors (Lipinski definition) is 2. The number of nitrogens with zero attached hydrogens (tertiary/aromatic N) is 4. The van der Waals surface area contributed by atoms with E-state index in [4.69, 9.17) is 5.73 Å². The van der Waals surface area contributed by atoms with E-state index < -0.39 is 0 Å². The lowest BCUT2D eigenvalue weighted by molar-refractivity contribution is -0.124. The molecule has 0 aliphatic carbocycles. The Balaban J connectivity index is 2.02. The van der Waals surface area contributed by atoms with Gasteiger partial charge in [-0.3, -0.25) is 4.79 Å². The third-order valence-corrected chi connectivity index (χ3v) is 3.92. The van der Waals surface area contributed by atoms with Crippen LogP contribution in [0.15, 0.2) is 30.3 Å². The van der Waals surface area contributed by atoms with Gasteiger partial charge >= 0.3 is 0 Å². The van der Waals surface area contributed by atoms with Gasteiger partial charge in [0.1, 0.15) is 6.54 Å². The van der Waals surface area contributed by atoms with E-state index in [1.54, 1.807) is 0 Å². The van der Waals surface area contributed by atoms with Crippen LogP contribution in [0.5, 0.6) is 0 Å². The maximum Gasteiger partial charge on any atom is 0.244 e. The Labute approximate surface area is 129 Å². The molecule has 118 valence electrons. The molecule has 0 saturated heterocycles. The number of benzene rings is 1. The van der Waals surface area contributed by atoms with Crippen LogP contribution in [-0.2, 0) is 11.3 Å². The van der Waals surface area contributed by atoms with Gasteiger partial charge in [0, 0.05) is 12.1 Å². The highest BCUT2D eigenvalue weighted by Gasteiger charge is 2.26. The first-order valence-corrected chi connectivity index (χ1v) is 7.46. The fraction of sp³-hybridized carbons (Fsp3) is 0.467. The van der Waals surface area contributed by atoms with Gasteiger partial charge in [-0.1, -0.05) is 44.2 Å². The molecule has 1 heterocycles. The number of nitrogens with one attached hydrogen (secondary N) is 1. The summed E-state index contributed by atoms with van der Waals surface area (Å²) in [4.78, 5) is 13.5. The second-order valence-corrected chi connectivity index (χ2v) is 5.25. The van der Waals surface area contributed by atoms with Gasteiger partial charge in [0.2, 0.25) is 11.7 Å². The molecule has 0 unspecified atom stereocenters. The summed E-state index contributed by atoms with van der Waals surface area (Å²) in [6.07, 6.45) is 1.57. The molecule has 1 amide bonds. The molecular weight excluding hydrogens is 280 g/mol. The summed E-state index contributed by atoms with van der Waals surface area (Å²) in [6.45, 7) is 4.46. The normalized spacial score (nSPS) is 11.4. The first kappa shape index (κ1) is 16.1. The number of aromatic nitrogens is 4. The second-order valence-electron chi connectivity index (χ2n) is 5.25. The van der Waals surface area contributed by atoms with E-state index in [0.717, 1.165) is 18.4 Å². The van der Waals surface area contributed by atoms with Crippen molar-refractivity contribution >= 4 is 5.91 Å². The Bertz CT molecular complexity index is 597. The van der Waals surface area contributed by atoms with E-state index in [9.17, 15) is 4.79 Å². The number of carbonyl (C=O) groups excluding carboxylic acids is 1. The zero-order chi connectivity index (χ0) is 16.0. The quantitative estimate of drug-likeness (QED) is 0.794. The van der Waals surface area contributed by atoms with Crippen LogP contribution in [0.1, 0.15) is 26.7 Å². The van der Waals surface area contributed by atoms with Crippen molar-refractivity contribution in [2.24, 2.45) is 5.73 Å². The van der Waals surface area contributed by atoms with Gasteiger partial charge in [-0.15, -0.1) is 10.2 Å². The van der Waals surface area contributed by atoms with Crippen molar-refractivity contribution in [2.45, 2.75) is 38.8 Å². The summed E-state index contributed by atoms with van der Waals surface area (Å²) in [5, 5.41) is 15.1. The van der Waals surface area contributed by atoms with Gasteiger partial charge in [-0.25, -0.2) is 0 Å². The summed E-state index contributed by atoms with van der Waals surface area (Å²) in [5.41, 5.74) is 6.29. The highest BCUT2D eigenvalue weighted by Crippen LogP contribution is 2.14. The molecule has 0 saturated carbocycles. The summed E-state index contributed by atoms with van der Waals surface area (Å²) in [7, 11) is 0. The van der Waals surface area contributed by atoms with E-state index in [0.29, 0.717) is 12.4 Å². The third-order valence-electron chi connectivity index (χ3n) is 3.92. The lowest BCUT2D eigenvalue weighted by atomic mass is 9.93. The predicted molar refractivity (Wildman–Crippen MR) is 83.8 cm³/mol. The molecule has 0 fully saturated rings. The lowest BCUT2D eigenvalue weighted by Crippen LogP contribution is -2.53. The van der Waals surface area contributed by atoms with Crippen LogP contribution in [0.2, 0.25) is 0 Å². The van der Waals surface area contributed by atoms with Gasteiger partial charge in [-0.05, 0) is 18.1 Å². The maximum absolute atomic E-state index is 12.2. The molecule has 0 spiro atoms. The number of nitrogens with two attached hydrogens (primary N) is 1. The van der Waals surface area contributed by atoms with E-state index in [2.05, 4.69) is 20.7 Å². The van der Waals surface area contributed by atoms with E-state index >= 15 is 0 Å². The Morgan fingerprint density at radius 1 is 1.27 bits per heavy atom. The fourth-order valence-electron chi connectivity index (χ4n) is 2.24. The van der Waals surface area contributed by atoms with Crippen molar-refractivity contribution in [3.8, 4) is 11.4 Å². The first-order chi connectivity index (χ1) is 10.6. The van der Waals surface area contributed by atoms with Crippen molar-refractivity contribution in [1.29, 1.82) is 0 Å². The van der Waals surface area contributed by atoms with Crippen LogP contribution in [0, 0.1) is 0 Å². The summed E-state index contributed by atoms with van der Waals surface area (Å²) in [6, 6.07) is 9.52. The van der Waals surface area contributed by atoms with Crippen LogP contribution in [0.25, 0.3) is 11.4 Å². The van der Waals surface area contributed by atoms with Crippen LogP contribution in [0.3, 0.4) is 0 Å². The van der Waals surface area contributed by atoms with Gasteiger partial charge < -0.3 is 11.1 Å². The summed E-state index contributed by atoms with van der Waals surface area (Å²) in [5.74, 6) is 0.343.